The highest BCUT2D eigenvalue weighted by molar-refractivity contribution is 6.31. The van der Waals surface area contributed by atoms with Crippen LogP contribution in [-0.2, 0) is 51.2 Å². The van der Waals surface area contributed by atoms with E-state index >= 15 is 8.78 Å². The van der Waals surface area contributed by atoms with Gasteiger partial charge in [-0.25, -0.2) is 8.78 Å². The van der Waals surface area contributed by atoms with E-state index in [1.807, 2.05) is 13.8 Å². The molecule has 4 N–H and O–H groups in total. The molecule has 0 aliphatic carbocycles. The number of carbonyl (C=O) groups excluding carboxylic acids is 2. The fourth-order valence-electron chi connectivity index (χ4n) is 13.4. The molecule has 20 heteroatoms. The molecule has 4 heterocycles. The van der Waals surface area contributed by atoms with Crippen molar-refractivity contribution in [3.8, 4) is 0 Å². The van der Waals surface area contributed by atoms with E-state index in [0.717, 1.165) is 0 Å². The van der Waals surface area contributed by atoms with Gasteiger partial charge >= 0.3 is 11.9 Å². The lowest BCUT2D eigenvalue weighted by molar-refractivity contribution is -0.150. The number of ether oxygens (including phenoxy) is 4. The number of methoxy groups -OCH3 is 2. The Morgan fingerprint density at radius 3 is 1.12 bits per heavy atom. The minimum absolute atomic E-state index is 0.0118. The number of carbonyl (C=O) groups is 4. The van der Waals surface area contributed by atoms with Crippen LogP contribution in [0.15, 0.2) is 121 Å². The summed E-state index contributed by atoms with van der Waals surface area (Å²) in [6, 6.07) is 29.3. The molecule has 2 amide bonds. The first-order chi connectivity index (χ1) is 41.0. The normalized spacial score (nSPS) is 21.7. The van der Waals surface area contributed by atoms with Crippen LogP contribution < -0.4 is 0 Å². The van der Waals surface area contributed by atoms with Gasteiger partial charge in [-0.05, 0) is 159 Å². The molecule has 0 radical (unpaired) electrons. The summed E-state index contributed by atoms with van der Waals surface area (Å²) < 4.78 is 56.7. The number of hydrogen-bond donors (Lipinski definition) is 4. The van der Waals surface area contributed by atoms with Gasteiger partial charge in [0.1, 0.15) is 11.6 Å². The molecular formula is C66H68Cl4F2N2O12. The van der Waals surface area contributed by atoms with E-state index < -0.39 is 82.0 Å². The second-order valence-electron chi connectivity index (χ2n) is 22.4. The molecular weight excluding hydrogens is 1190 g/mol. The van der Waals surface area contributed by atoms with E-state index in [2.05, 4.69) is 0 Å². The molecule has 4 aliphatic heterocycles. The number of halogens is 6. The highest BCUT2D eigenvalue weighted by atomic mass is 35.5. The van der Waals surface area contributed by atoms with Gasteiger partial charge in [0.2, 0.25) is 0 Å². The summed E-state index contributed by atoms with van der Waals surface area (Å²) >= 11 is 24.7. The summed E-state index contributed by atoms with van der Waals surface area (Å²) in [4.78, 5) is 56.9. The molecule has 2 fully saturated rings. The largest absolute Gasteiger partial charge is 0.481 e. The maximum Gasteiger partial charge on any atom is 0.308 e. The minimum atomic E-state index is -1.86. The van der Waals surface area contributed by atoms with E-state index in [1.54, 1.807) is 97.1 Å². The van der Waals surface area contributed by atoms with Crippen molar-refractivity contribution in [3.05, 3.63) is 209 Å². The Morgan fingerprint density at radius 2 is 0.849 bits per heavy atom. The fraction of sp³-hybridized carbons (Fsp3) is 0.394. The third-order valence-corrected chi connectivity index (χ3v) is 19.1. The van der Waals surface area contributed by atoms with Crippen LogP contribution in [0.3, 0.4) is 0 Å². The Kier molecular flexibility index (Phi) is 19.5. The SMILES string of the molecule is CC[C@@](O)(c1cc(F)c2c(c1)C(=O)N([C@H](c1ccc(Cl)cc1)[C@H](C)C(=O)O)[C@@]2(OC)c1ccc(Cl)cc1)C1CCOCC1.CC[C@@](O)(c1cc(F)c2c(c1)C(=O)N([C@H](c1ccc(Cl)cc1)[C@H](C)C(=O)O)[C@]2(OC)c1ccc(Cl)cc1)C1CCOCC1. The number of nitrogens with zero attached hydrogens (tertiary/aromatic N) is 2. The van der Waals surface area contributed by atoms with Crippen LogP contribution in [0.2, 0.25) is 20.1 Å². The van der Waals surface area contributed by atoms with Gasteiger partial charge in [0.15, 0.2) is 11.4 Å². The molecule has 0 aromatic heterocycles. The molecule has 0 unspecified atom stereocenters. The lowest BCUT2D eigenvalue weighted by Gasteiger charge is -2.44. The van der Waals surface area contributed by atoms with Crippen LogP contribution >= 0.6 is 46.4 Å². The van der Waals surface area contributed by atoms with Crippen LogP contribution in [0.5, 0.6) is 0 Å². The Labute approximate surface area is 518 Å². The van der Waals surface area contributed by atoms with Gasteiger partial charge < -0.3 is 39.4 Å². The smallest absolute Gasteiger partial charge is 0.308 e. The molecule has 0 spiro atoms. The second kappa shape index (κ2) is 26.0. The van der Waals surface area contributed by atoms with E-state index in [4.69, 9.17) is 65.4 Å². The number of hydrogen-bond acceptors (Lipinski definition) is 10. The van der Waals surface area contributed by atoms with E-state index in [0.29, 0.717) is 107 Å². The first-order valence-electron chi connectivity index (χ1n) is 28.5. The first kappa shape index (κ1) is 64.5. The number of fused-ring (bicyclic) bond motifs is 2. The quantitative estimate of drug-likeness (QED) is 0.0637. The van der Waals surface area contributed by atoms with Crippen LogP contribution in [0.1, 0.15) is 144 Å². The van der Waals surface area contributed by atoms with Crippen LogP contribution in [-0.4, -0.2) is 94.6 Å². The average Bonchev–Trinajstić information content (AvgIpc) is 1.54. The van der Waals surface area contributed by atoms with Crippen LogP contribution in [0.4, 0.5) is 8.78 Å². The van der Waals surface area contributed by atoms with Crippen molar-refractivity contribution in [2.24, 2.45) is 23.7 Å². The first-order valence-corrected chi connectivity index (χ1v) is 30.0. The van der Waals surface area contributed by atoms with Crippen molar-refractivity contribution in [1.29, 1.82) is 0 Å². The van der Waals surface area contributed by atoms with Crippen molar-refractivity contribution in [2.75, 3.05) is 40.6 Å². The van der Waals surface area contributed by atoms with E-state index in [1.165, 1.54) is 62.1 Å². The van der Waals surface area contributed by atoms with Crippen molar-refractivity contribution in [1.82, 2.24) is 9.80 Å². The predicted octanol–water partition coefficient (Wildman–Crippen LogP) is 13.8. The Balaban J connectivity index is 0.000000205. The summed E-state index contributed by atoms with van der Waals surface area (Å²) in [5.41, 5.74) is -4.42. The lowest BCUT2D eigenvalue weighted by atomic mass is 9.74. The average molecular weight is 1260 g/mol. The zero-order chi connectivity index (χ0) is 62.2. The van der Waals surface area contributed by atoms with Crippen LogP contribution in [0.25, 0.3) is 0 Å². The van der Waals surface area contributed by atoms with E-state index in [9.17, 15) is 39.6 Å². The molecule has 10 rings (SSSR count). The summed E-state index contributed by atoms with van der Waals surface area (Å²) in [6.07, 6.45) is 2.94. The second-order valence-corrected chi connectivity index (χ2v) is 24.1. The van der Waals surface area contributed by atoms with Crippen molar-refractivity contribution < 1.29 is 67.3 Å². The maximum absolute atomic E-state index is 16.7. The molecule has 4 aliphatic rings. The van der Waals surface area contributed by atoms with Crippen molar-refractivity contribution in [3.63, 3.8) is 0 Å². The third-order valence-electron chi connectivity index (χ3n) is 18.1. The molecule has 8 atom stereocenters. The minimum Gasteiger partial charge on any atom is -0.481 e. The number of benzene rings is 6. The number of carboxylic acid groups (broad SMARTS) is 2. The number of aliphatic hydroxyl groups is 2. The monoisotopic (exact) mass is 1260 g/mol. The van der Waals surface area contributed by atoms with Crippen LogP contribution in [0, 0.1) is 35.3 Å². The van der Waals surface area contributed by atoms with Gasteiger partial charge in [-0.15, -0.1) is 0 Å². The molecule has 2 saturated heterocycles. The maximum atomic E-state index is 16.7. The molecule has 6 aromatic rings. The Hall–Kier alpha value is -6.02. The fourth-order valence-corrected chi connectivity index (χ4v) is 13.9. The number of carboxylic acids is 2. The van der Waals surface area contributed by atoms with Gasteiger partial charge in [-0.1, -0.05) is 109 Å². The standard InChI is InChI=1S/2C33H34Cl2FNO6/c2*1-4-32(41,21-13-15-43-16-14-21)23-17-26-28(27(36)18-23)33(42-3,22-7-11-25(35)12-8-22)37(30(26)38)29(19(2)31(39)40)20-5-9-24(34)10-6-20/h2*5-12,17-19,21,29,41H,4,13-16H2,1-3H3,(H,39,40)/t19-,29-,32-,33+;19-,29-,32-,33-/m00/s1. The Bertz CT molecular complexity index is 3250. The highest BCUT2D eigenvalue weighted by Gasteiger charge is 2.60. The lowest BCUT2D eigenvalue weighted by Crippen LogP contribution is -2.51. The molecule has 0 saturated carbocycles. The Morgan fingerprint density at radius 1 is 0.558 bits per heavy atom. The summed E-state index contributed by atoms with van der Waals surface area (Å²) in [5.74, 6) is -7.78. The number of amides is 2. The summed E-state index contributed by atoms with van der Waals surface area (Å²) in [6.45, 7) is 8.54. The number of aliphatic carboxylic acids is 2. The zero-order valence-electron chi connectivity index (χ0n) is 48.3. The summed E-state index contributed by atoms with van der Waals surface area (Å²) in [5, 5.41) is 46.0. The van der Waals surface area contributed by atoms with E-state index in [-0.39, 0.29) is 45.2 Å². The molecule has 0 bridgehead atoms. The van der Waals surface area contributed by atoms with Gasteiger partial charge in [-0.3, -0.25) is 29.0 Å². The van der Waals surface area contributed by atoms with Gasteiger partial charge in [0.05, 0.1) is 57.4 Å². The third kappa shape index (κ3) is 11.3. The molecule has 6 aromatic carbocycles. The molecule has 14 nitrogen and oxygen atoms in total. The summed E-state index contributed by atoms with van der Waals surface area (Å²) in [7, 11) is 2.71. The van der Waals surface area contributed by atoms with Crippen molar-refractivity contribution >= 4 is 70.2 Å². The molecule has 456 valence electrons. The van der Waals surface area contributed by atoms with Crippen molar-refractivity contribution in [2.45, 2.75) is 101 Å². The highest BCUT2D eigenvalue weighted by Crippen LogP contribution is 2.56. The molecule has 86 heavy (non-hydrogen) atoms. The predicted molar refractivity (Wildman–Crippen MR) is 321 cm³/mol. The number of rotatable bonds is 18. The zero-order valence-corrected chi connectivity index (χ0v) is 51.3. The topological polar surface area (TPSA) is 193 Å². The van der Waals surface area contributed by atoms with Gasteiger partial charge in [0.25, 0.3) is 11.8 Å². The van der Waals surface area contributed by atoms with Gasteiger partial charge in [-0.2, -0.15) is 0 Å². The van der Waals surface area contributed by atoms with Gasteiger partial charge in [0, 0.05) is 71.9 Å².